The predicted molar refractivity (Wildman–Crippen MR) is 99.5 cm³/mol. The SMILES string of the molecule is NC(CO)(CO)CO.O=S(=O)(O)c1nc2c(-c3ccccc3)cccc2[nH]1. The van der Waals surface area contributed by atoms with Crippen LogP contribution < -0.4 is 5.73 Å². The van der Waals surface area contributed by atoms with Crippen LogP contribution in [0.1, 0.15) is 0 Å². The summed E-state index contributed by atoms with van der Waals surface area (Å²) in [5.74, 6) is 0. The van der Waals surface area contributed by atoms with E-state index in [1.165, 1.54) is 0 Å². The van der Waals surface area contributed by atoms with E-state index in [0.29, 0.717) is 11.0 Å². The number of hydrogen-bond donors (Lipinski definition) is 6. The maximum Gasteiger partial charge on any atom is 0.328 e. The number of H-pyrrole nitrogens is 1. The van der Waals surface area contributed by atoms with Crippen molar-refractivity contribution in [1.29, 1.82) is 0 Å². The van der Waals surface area contributed by atoms with E-state index in [2.05, 4.69) is 9.97 Å². The third-order valence-corrected chi connectivity index (χ3v) is 4.45. The molecule has 0 radical (unpaired) electrons. The van der Waals surface area contributed by atoms with Crippen molar-refractivity contribution in [3.8, 4) is 11.1 Å². The van der Waals surface area contributed by atoms with Gasteiger partial charge in [-0.1, -0.05) is 42.5 Å². The first-order valence-corrected chi connectivity index (χ1v) is 9.31. The lowest BCUT2D eigenvalue weighted by Gasteiger charge is -2.20. The molecule has 0 bridgehead atoms. The Morgan fingerprint density at radius 1 is 0.963 bits per heavy atom. The Bertz CT molecular complexity index is 976. The number of aliphatic hydroxyl groups excluding tert-OH is 3. The quantitative estimate of drug-likeness (QED) is 0.331. The molecule has 0 saturated carbocycles. The van der Waals surface area contributed by atoms with Crippen LogP contribution in [0.2, 0.25) is 0 Å². The molecule has 0 atom stereocenters. The van der Waals surface area contributed by atoms with Crippen LogP contribution in [-0.2, 0) is 10.1 Å². The minimum absolute atomic E-state index is 0.403. The van der Waals surface area contributed by atoms with Crippen LogP contribution in [0, 0.1) is 0 Å². The fourth-order valence-electron chi connectivity index (χ4n) is 2.13. The molecule has 1 heterocycles. The Hall–Kier alpha value is -2.34. The lowest BCUT2D eigenvalue weighted by atomic mass is 10.0. The summed E-state index contributed by atoms with van der Waals surface area (Å²) in [5.41, 5.74) is 6.76. The molecule has 10 heteroatoms. The molecule has 1 aromatic heterocycles. The number of imidazole rings is 1. The van der Waals surface area contributed by atoms with Crippen LogP contribution in [0.4, 0.5) is 0 Å². The number of rotatable bonds is 5. The predicted octanol–water partition coefficient (Wildman–Crippen LogP) is 0.137. The number of aromatic nitrogens is 2. The highest BCUT2D eigenvalue weighted by Crippen LogP contribution is 2.27. The lowest BCUT2D eigenvalue weighted by molar-refractivity contribution is 0.0697. The van der Waals surface area contributed by atoms with Crippen molar-refractivity contribution in [2.24, 2.45) is 5.73 Å². The van der Waals surface area contributed by atoms with Crippen LogP contribution in [0.25, 0.3) is 22.2 Å². The van der Waals surface area contributed by atoms with Crippen molar-refractivity contribution in [1.82, 2.24) is 9.97 Å². The van der Waals surface area contributed by atoms with Crippen molar-refractivity contribution < 1.29 is 28.3 Å². The summed E-state index contributed by atoms with van der Waals surface area (Å²) in [4.78, 5) is 6.56. The molecule has 0 amide bonds. The van der Waals surface area contributed by atoms with Gasteiger partial charge in [0.1, 0.15) is 0 Å². The molecule has 3 aromatic rings. The third-order valence-electron chi connectivity index (χ3n) is 3.76. The van der Waals surface area contributed by atoms with E-state index in [9.17, 15) is 8.42 Å². The van der Waals surface area contributed by atoms with Gasteiger partial charge in [0, 0.05) is 5.56 Å². The van der Waals surface area contributed by atoms with E-state index in [-0.39, 0.29) is 0 Å². The number of nitrogens with one attached hydrogen (secondary N) is 1. The van der Waals surface area contributed by atoms with Gasteiger partial charge in [-0.2, -0.15) is 8.42 Å². The average Bonchev–Trinajstić information content (AvgIpc) is 3.13. The Balaban J connectivity index is 0.000000279. The van der Waals surface area contributed by atoms with E-state index in [1.807, 2.05) is 36.4 Å². The van der Waals surface area contributed by atoms with Crippen molar-refractivity contribution in [3.63, 3.8) is 0 Å². The first-order valence-electron chi connectivity index (χ1n) is 7.87. The first kappa shape index (κ1) is 21.0. The zero-order valence-electron chi connectivity index (χ0n) is 14.3. The monoisotopic (exact) mass is 395 g/mol. The summed E-state index contributed by atoms with van der Waals surface area (Å²) in [5, 5.41) is 24.6. The zero-order chi connectivity index (χ0) is 20.1. The molecule has 7 N–H and O–H groups in total. The van der Waals surface area contributed by atoms with Crippen molar-refractivity contribution in [3.05, 3.63) is 48.5 Å². The lowest BCUT2D eigenvalue weighted by Crippen LogP contribution is -2.50. The van der Waals surface area contributed by atoms with Crippen LogP contribution in [-0.4, -0.2) is 63.6 Å². The van der Waals surface area contributed by atoms with E-state index < -0.39 is 40.6 Å². The summed E-state index contributed by atoms with van der Waals surface area (Å²) >= 11 is 0. The molecule has 0 unspecified atom stereocenters. The van der Waals surface area contributed by atoms with Gasteiger partial charge in [0.25, 0.3) is 5.16 Å². The first-order chi connectivity index (χ1) is 12.7. The van der Waals surface area contributed by atoms with Gasteiger partial charge in [0.2, 0.25) is 0 Å². The number of nitrogens with zero attached hydrogens (tertiary/aromatic N) is 1. The van der Waals surface area contributed by atoms with Gasteiger partial charge in [-0.05, 0) is 11.6 Å². The molecule has 0 aliphatic rings. The van der Waals surface area contributed by atoms with Gasteiger partial charge in [0.15, 0.2) is 0 Å². The number of aliphatic hydroxyl groups is 3. The number of hydrogen-bond acceptors (Lipinski definition) is 7. The van der Waals surface area contributed by atoms with Crippen molar-refractivity contribution in [2.45, 2.75) is 10.7 Å². The molecule has 0 aliphatic carbocycles. The summed E-state index contributed by atoms with van der Waals surface area (Å²) in [6, 6.07) is 14.9. The van der Waals surface area contributed by atoms with Gasteiger partial charge >= 0.3 is 10.1 Å². The second-order valence-electron chi connectivity index (χ2n) is 5.92. The molecule has 0 spiro atoms. The average molecular weight is 395 g/mol. The minimum Gasteiger partial charge on any atom is -0.394 e. The molecular formula is C17H21N3O6S. The topological polar surface area (TPSA) is 170 Å². The number of benzene rings is 2. The van der Waals surface area contributed by atoms with Gasteiger partial charge in [-0.3, -0.25) is 4.55 Å². The molecule has 3 rings (SSSR count). The van der Waals surface area contributed by atoms with E-state index in [1.54, 1.807) is 12.1 Å². The van der Waals surface area contributed by atoms with E-state index in [4.69, 9.17) is 25.6 Å². The molecular weight excluding hydrogens is 374 g/mol. The van der Waals surface area contributed by atoms with Gasteiger partial charge in [-0.15, -0.1) is 0 Å². The van der Waals surface area contributed by atoms with Crippen LogP contribution in [0.3, 0.4) is 0 Å². The number of aromatic amines is 1. The molecule has 9 nitrogen and oxygen atoms in total. The van der Waals surface area contributed by atoms with E-state index >= 15 is 0 Å². The molecule has 0 fully saturated rings. The molecule has 2 aromatic carbocycles. The van der Waals surface area contributed by atoms with Gasteiger partial charge < -0.3 is 26.0 Å². The Kier molecular flexibility index (Phi) is 6.65. The standard InChI is InChI=1S/C13H10N2O3S.C4H11NO3/c16-19(17,18)13-14-11-8-4-7-10(12(11)15-13)9-5-2-1-3-6-9;5-4(1-6,2-7)3-8/h1-8H,(H,14,15)(H,16,17,18);6-8H,1-3,5H2. The highest BCUT2D eigenvalue weighted by Gasteiger charge is 2.20. The fourth-order valence-corrected chi connectivity index (χ4v) is 2.58. The Labute approximate surface area is 155 Å². The normalized spacial score (nSPS) is 11.9. The minimum atomic E-state index is -4.33. The maximum atomic E-state index is 11.1. The van der Waals surface area contributed by atoms with Crippen molar-refractivity contribution in [2.75, 3.05) is 19.8 Å². The highest BCUT2D eigenvalue weighted by atomic mass is 32.2. The molecule has 146 valence electrons. The molecule has 0 aliphatic heterocycles. The second-order valence-corrected chi connectivity index (χ2v) is 7.26. The maximum absolute atomic E-state index is 11.1. The number of fused-ring (bicyclic) bond motifs is 1. The van der Waals surface area contributed by atoms with Crippen LogP contribution in [0.5, 0.6) is 0 Å². The smallest absolute Gasteiger partial charge is 0.328 e. The molecule has 0 saturated heterocycles. The third kappa shape index (κ3) is 5.10. The zero-order valence-corrected chi connectivity index (χ0v) is 15.1. The number of nitrogens with two attached hydrogens (primary N) is 1. The van der Waals surface area contributed by atoms with Gasteiger partial charge in [-0.25, -0.2) is 4.98 Å². The Morgan fingerprint density at radius 2 is 1.56 bits per heavy atom. The van der Waals surface area contributed by atoms with Crippen LogP contribution in [0.15, 0.2) is 53.7 Å². The van der Waals surface area contributed by atoms with Crippen molar-refractivity contribution >= 4 is 21.2 Å². The molecule has 27 heavy (non-hydrogen) atoms. The highest BCUT2D eigenvalue weighted by molar-refractivity contribution is 7.85. The fraction of sp³-hybridized carbons (Fsp3) is 0.235. The Morgan fingerprint density at radius 3 is 2.04 bits per heavy atom. The summed E-state index contributed by atoms with van der Waals surface area (Å²) in [6.45, 7) is -1.21. The van der Waals surface area contributed by atoms with Gasteiger partial charge in [0.05, 0.1) is 36.4 Å². The second kappa shape index (κ2) is 8.57. The summed E-state index contributed by atoms with van der Waals surface area (Å²) < 4.78 is 31.3. The van der Waals surface area contributed by atoms with E-state index in [0.717, 1.165) is 11.1 Å². The van der Waals surface area contributed by atoms with Crippen LogP contribution >= 0.6 is 0 Å². The summed E-state index contributed by atoms with van der Waals surface area (Å²) in [7, 11) is -4.33. The largest absolute Gasteiger partial charge is 0.394 e. The summed E-state index contributed by atoms with van der Waals surface area (Å²) in [6.07, 6.45) is 0. The number of para-hydroxylation sites is 1.